The van der Waals surface area contributed by atoms with Crippen LogP contribution in [0.25, 0.3) is 11.1 Å². The molecule has 2 N–H and O–H groups in total. The Kier molecular flexibility index (Phi) is 6.33. The molecule has 1 aliphatic heterocycles. The molecule has 37 heavy (non-hydrogen) atoms. The Hall–Kier alpha value is -3.80. The summed E-state index contributed by atoms with van der Waals surface area (Å²) >= 11 is 0. The smallest absolute Gasteiger partial charge is 0.317 e. The van der Waals surface area contributed by atoms with E-state index in [4.69, 9.17) is 4.74 Å². The fourth-order valence-corrected chi connectivity index (χ4v) is 5.50. The van der Waals surface area contributed by atoms with Gasteiger partial charge in [-0.3, -0.25) is 4.79 Å². The first-order chi connectivity index (χ1) is 18.1. The molecule has 3 amide bonds. The lowest BCUT2D eigenvalue weighted by Crippen LogP contribution is -2.44. The number of urea groups is 1. The van der Waals surface area contributed by atoms with Crippen LogP contribution in [0, 0.1) is 5.92 Å². The van der Waals surface area contributed by atoms with Gasteiger partial charge in [0, 0.05) is 31.6 Å². The molecule has 2 fully saturated rings. The summed E-state index contributed by atoms with van der Waals surface area (Å²) in [5, 5.41) is 6.33. The van der Waals surface area contributed by atoms with E-state index in [1.54, 1.807) is 7.11 Å². The van der Waals surface area contributed by atoms with Crippen molar-refractivity contribution in [1.29, 1.82) is 0 Å². The third-order valence-electron chi connectivity index (χ3n) is 7.89. The lowest BCUT2D eigenvalue weighted by Gasteiger charge is -2.32. The van der Waals surface area contributed by atoms with E-state index in [1.165, 1.54) is 11.1 Å². The van der Waals surface area contributed by atoms with Gasteiger partial charge in [0.15, 0.2) is 0 Å². The van der Waals surface area contributed by atoms with Crippen LogP contribution in [0.3, 0.4) is 0 Å². The number of hydrogen-bond donors (Lipinski definition) is 2. The molecular formula is C31H33N3O3. The van der Waals surface area contributed by atoms with Crippen LogP contribution in [0.2, 0.25) is 0 Å². The molecule has 3 aliphatic rings. The Morgan fingerprint density at radius 2 is 1.84 bits per heavy atom. The Morgan fingerprint density at radius 3 is 2.62 bits per heavy atom. The van der Waals surface area contributed by atoms with Gasteiger partial charge in [0.05, 0.1) is 7.11 Å². The number of hydrogen-bond acceptors (Lipinski definition) is 3. The zero-order chi connectivity index (χ0) is 25.4. The molecule has 1 heterocycles. The maximum atomic E-state index is 13.0. The van der Waals surface area contributed by atoms with E-state index in [-0.39, 0.29) is 17.9 Å². The number of rotatable bonds is 7. The molecule has 0 radical (unpaired) electrons. The first-order valence-electron chi connectivity index (χ1n) is 13.3. The highest BCUT2D eigenvalue weighted by atomic mass is 16.5. The van der Waals surface area contributed by atoms with E-state index >= 15 is 0 Å². The van der Waals surface area contributed by atoms with Crippen molar-refractivity contribution < 1.29 is 14.3 Å². The number of benzene rings is 3. The largest absolute Gasteiger partial charge is 0.497 e. The number of methoxy groups -OCH3 is 1. The lowest BCUT2D eigenvalue weighted by atomic mass is 9.87. The van der Waals surface area contributed by atoms with Crippen molar-refractivity contribution in [3.63, 3.8) is 0 Å². The van der Waals surface area contributed by atoms with Gasteiger partial charge < -0.3 is 20.3 Å². The van der Waals surface area contributed by atoms with Gasteiger partial charge in [-0.25, -0.2) is 4.79 Å². The van der Waals surface area contributed by atoms with E-state index in [0.29, 0.717) is 31.6 Å². The molecule has 2 atom stereocenters. The maximum Gasteiger partial charge on any atom is 0.317 e. The van der Waals surface area contributed by atoms with Crippen molar-refractivity contribution in [2.24, 2.45) is 5.92 Å². The van der Waals surface area contributed by atoms with Gasteiger partial charge in [-0.15, -0.1) is 0 Å². The second kappa shape index (κ2) is 9.92. The Labute approximate surface area is 218 Å². The average molecular weight is 496 g/mol. The average Bonchev–Trinajstić information content (AvgIpc) is 3.87. The van der Waals surface area contributed by atoms with Crippen LogP contribution in [0.15, 0.2) is 66.7 Å². The second-order valence-corrected chi connectivity index (χ2v) is 10.4. The van der Waals surface area contributed by atoms with Gasteiger partial charge in [-0.1, -0.05) is 54.6 Å². The molecule has 3 aromatic carbocycles. The van der Waals surface area contributed by atoms with Gasteiger partial charge >= 0.3 is 6.03 Å². The summed E-state index contributed by atoms with van der Waals surface area (Å²) in [7, 11) is 1.68. The maximum absolute atomic E-state index is 13.0. The molecule has 3 aromatic rings. The van der Waals surface area contributed by atoms with Gasteiger partial charge in [-0.05, 0) is 77.1 Å². The van der Waals surface area contributed by atoms with E-state index in [9.17, 15) is 9.59 Å². The summed E-state index contributed by atoms with van der Waals surface area (Å²) < 4.78 is 5.46. The minimum absolute atomic E-state index is 0.0126. The molecular weight excluding hydrogens is 462 g/mol. The second-order valence-electron chi connectivity index (χ2n) is 10.4. The standard InChI is InChI=1S/C31H33N3O3/c1-37-24-9-5-8-21(16-24)25-13-10-22(18-32-30(35)28-17-27(28)20-6-3-2-4-7-20)29-19-34(15-14-26(25)29)31(36)33-23-11-12-23/h2-10,13,16,23,27-28H,11-12,14-15,17-19H2,1H3,(H,32,35)(H,33,36)/t27-,28+/m1/s1. The zero-order valence-electron chi connectivity index (χ0n) is 21.2. The summed E-state index contributed by atoms with van der Waals surface area (Å²) in [5.41, 5.74) is 6.98. The van der Waals surface area contributed by atoms with E-state index < -0.39 is 0 Å². The Morgan fingerprint density at radius 1 is 1.00 bits per heavy atom. The lowest BCUT2D eigenvalue weighted by molar-refractivity contribution is -0.122. The number of carbonyl (C=O) groups excluding carboxylic acids is 2. The number of ether oxygens (including phenoxy) is 1. The molecule has 2 saturated carbocycles. The monoisotopic (exact) mass is 495 g/mol. The Balaban J connectivity index is 1.23. The van der Waals surface area contributed by atoms with Gasteiger partial charge in [-0.2, -0.15) is 0 Å². The van der Waals surface area contributed by atoms with Crippen molar-refractivity contribution in [3.8, 4) is 16.9 Å². The van der Waals surface area contributed by atoms with Crippen LogP contribution in [-0.4, -0.2) is 36.5 Å². The fourth-order valence-electron chi connectivity index (χ4n) is 5.50. The minimum Gasteiger partial charge on any atom is -0.497 e. The number of nitrogens with zero attached hydrogens (tertiary/aromatic N) is 1. The van der Waals surface area contributed by atoms with E-state index in [2.05, 4.69) is 47.0 Å². The van der Waals surface area contributed by atoms with Crippen LogP contribution < -0.4 is 15.4 Å². The molecule has 0 bridgehead atoms. The predicted octanol–water partition coefficient (Wildman–Crippen LogP) is 5.01. The van der Waals surface area contributed by atoms with E-state index in [1.807, 2.05) is 35.2 Å². The SMILES string of the molecule is COc1cccc(-c2ccc(CNC(=O)[C@H]3C[C@@H]3c3ccccc3)c3c2CCN(C(=O)NC2CC2)C3)c1. The molecule has 0 unspecified atom stereocenters. The Bertz CT molecular complexity index is 1320. The minimum atomic E-state index is 0.0126. The van der Waals surface area contributed by atoms with Crippen molar-refractivity contribution in [1.82, 2.24) is 15.5 Å². The number of fused-ring (bicyclic) bond motifs is 1. The molecule has 0 aromatic heterocycles. The molecule has 190 valence electrons. The summed E-state index contributed by atoms with van der Waals surface area (Å²) in [6, 6.07) is 23.0. The quantitative estimate of drug-likeness (QED) is 0.484. The molecule has 2 aliphatic carbocycles. The van der Waals surface area contributed by atoms with Gasteiger partial charge in [0.2, 0.25) is 5.91 Å². The topological polar surface area (TPSA) is 70.7 Å². The highest BCUT2D eigenvalue weighted by Crippen LogP contribution is 2.47. The van der Waals surface area contributed by atoms with Crippen molar-refractivity contribution in [2.75, 3.05) is 13.7 Å². The van der Waals surface area contributed by atoms with Crippen LogP contribution >= 0.6 is 0 Å². The first-order valence-corrected chi connectivity index (χ1v) is 13.3. The molecule has 6 heteroatoms. The summed E-state index contributed by atoms with van der Waals surface area (Å²) in [6.07, 6.45) is 3.81. The zero-order valence-corrected chi connectivity index (χ0v) is 21.2. The number of amides is 3. The van der Waals surface area contributed by atoms with Crippen LogP contribution in [0.4, 0.5) is 4.79 Å². The molecule has 0 spiro atoms. The highest BCUT2D eigenvalue weighted by molar-refractivity contribution is 5.83. The molecule has 0 saturated heterocycles. The number of nitrogens with one attached hydrogen (secondary N) is 2. The fraction of sp³-hybridized carbons (Fsp3) is 0.355. The van der Waals surface area contributed by atoms with E-state index in [0.717, 1.165) is 53.7 Å². The van der Waals surface area contributed by atoms with Crippen LogP contribution in [-0.2, 0) is 24.3 Å². The summed E-state index contributed by atoms with van der Waals surface area (Å²) in [6.45, 7) is 1.70. The normalized spacial score (nSPS) is 20.1. The summed E-state index contributed by atoms with van der Waals surface area (Å²) in [4.78, 5) is 27.8. The van der Waals surface area contributed by atoms with Crippen LogP contribution in [0.1, 0.15) is 47.4 Å². The van der Waals surface area contributed by atoms with Crippen molar-refractivity contribution >= 4 is 11.9 Å². The first kappa shape index (κ1) is 23.6. The predicted molar refractivity (Wildman–Crippen MR) is 143 cm³/mol. The summed E-state index contributed by atoms with van der Waals surface area (Å²) in [5.74, 6) is 1.28. The third-order valence-corrected chi connectivity index (χ3v) is 7.89. The number of carbonyl (C=O) groups is 2. The van der Waals surface area contributed by atoms with Crippen molar-refractivity contribution in [2.45, 2.75) is 50.7 Å². The molecule has 6 rings (SSSR count). The van der Waals surface area contributed by atoms with Crippen LogP contribution in [0.5, 0.6) is 5.75 Å². The van der Waals surface area contributed by atoms with Gasteiger partial charge in [0.1, 0.15) is 5.75 Å². The highest BCUT2D eigenvalue weighted by Gasteiger charge is 2.43. The van der Waals surface area contributed by atoms with Gasteiger partial charge in [0.25, 0.3) is 0 Å². The third kappa shape index (κ3) is 5.06. The molecule has 6 nitrogen and oxygen atoms in total. The van der Waals surface area contributed by atoms with Crippen molar-refractivity contribution in [3.05, 3.63) is 89.0 Å².